The maximum Gasteiger partial charge on any atom is 0.251 e. The molecule has 0 spiro atoms. The Labute approximate surface area is 220 Å². The molecule has 1 aromatic carbocycles. The highest BCUT2D eigenvalue weighted by atomic mass is 32.2. The molecule has 2 amide bonds. The van der Waals surface area contributed by atoms with E-state index in [-0.39, 0.29) is 48.7 Å². The Morgan fingerprint density at radius 2 is 1.82 bits per heavy atom. The zero-order valence-electron chi connectivity index (χ0n) is 21.6. The number of rotatable bonds is 6. The molecule has 1 saturated heterocycles. The molecule has 2 fully saturated rings. The van der Waals surface area contributed by atoms with Crippen molar-refractivity contribution in [3.05, 3.63) is 47.7 Å². The van der Waals surface area contributed by atoms with Crippen LogP contribution in [-0.2, 0) is 20.0 Å². The van der Waals surface area contributed by atoms with Gasteiger partial charge in [0.1, 0.15) is 21.4 Å². The molecule has 3 heterocycles. The second kappa shape index (κ2) is 9.00. The average molecular weight is 548 g/mol. The number of ether oxygens (including phenoxy) is 1. The molecule has 1 saturated carbocycles. The van der Waals surface area contributed by atoms with E-state index in [1.54, 1.807) is 44.2 Å². The molecule has 2 aliphatic heterocycles. The van der Waals surface area contributed by atoms with Gasteiger partial charge in [0.05, 0.1) is 29.2 Å². The predicted molar refractivity (Wildman–Crippen MR) is 138 cm³/mol. The van der Waals surface area contributed by atoms with Crippen LogP contribution in [0.25, 0.3) is 0 Å². The number of nitrogens with zero attached hydrogens (tertiary/aromatic N) is 2. The number of sulfone groups is 1. The zero-order valence-corrected chi connectivity index (χ0v) is 22.4. The fourth-order valence-corrected chi connectivity index (χ4v) is 7.02. The first-order valence-corrected chi connectivity index (χ1v) is 14.5. The van der Waals surface area contributed by atoms with Gasteiger partial charge in [0.15, 0.2) is 0 Å². The maximum absolute atomic E-state index is 13.5. The molecule has 5 rings (SSSR count). The summed E-state index contributed by atoms with van der Waals surface area (Å²) in [6.07, 6.45) is 1.82. The first-order valence-electron chi connectivity index (χ1n) is 12.7. The van der Waals surface area contributed by atoms with Crippen LogP contribution in [0.1, 0.15) is 62.4 Å². The smallest absolute Gasteiger partial charge is 0.251 e. The molecule has 1 aliphatic carbocycles. The number of fused-ring (bicyclic) bond motifs is 1. The standard InChI is InChI=1S/C27H31F2N3O5S/c1-25(2)20-12-18(23(33)31-26(3)7-10-38(35,36)11-8-26)4-5-21(20)32(24(25)34)22-13-19(6-9-30-22)37-16-17-14-27(28,29)15-17/h4-6,9,12-13,17H,7-8,10-11,14-16H2,1-3H3,(H,31,33). The highest BCUT2D eigenvalue weighted by Crippen LogP contribution is 2.46. The van der Waals surface area contributed by atoms with E-state index < -0.39 is 26.7 Å². The molecule has 0 bridgehead atoms. The van der Waals surface area contributed by atoms with Gasteiger partial charge in [-0.2, -0.15) is 0 Å². The van der Waals surface area contributed by atoms with E-state index in [1.807, 2.05) is 6.92 Å². The number of hydrogen-bond donors (Lipinski definition) is 1. The number of hydrogen-bond acceptors (Lipinski definition) is 6. The van der Waals surface area contributed by atoms with Gasteiger partial charge in [0, 0.05) is 42.1 Å². The van der Waals surface area contributed by atoms with Crippen LogP contribution >= 0.6 is 0 Å². The normalized spacial score (nSPS) is 22.9. The molecule has 0 atom stereocenters. The Kier molecular flexibility index (Phi) is 6.28. The molecule has 1 N–H and O–H groups in total. The van der Waals surface area contributed by atoms with Crippen LogP contribution in [0.5, 0.6) is 5.75 Å². The number of carbonyl (C=O) groups excluding carboxylic acids is 2. The summed E-state index contributed by atoms with van der Waals surface area (Å²) < 4.78 is 55.6. The van der Waals surface area contributed by atoms with Crippen LogP contribution in [0.3, 0.4) is 0 Å². The van der Waals surface area contributed by atoms with Gasteiger partial charge in [0.2, 0.25) is 11.8 Å². The highest BCUT2D eigenvalue weighted by Gasteiger charge is 2.47. The number of amides is 2. The SMILES string of the molecule is CC1(NC(=O)c2ccc3c(c2)C(C)(C)C(=O)N3c2cc(OCC3CC(F)(F)C3)ccn2)CCS(=O)(=O)CC1. The van der Waals surface area contributed by atoms with Crippen molar-refractivity contribution in [3.8, 4) is 5.75 Å². The fraction of sp³-hybridized carbons (Fsp3) is 0.519. The van der Waals surface area contributed by atoms with Crippen molar-refractivity contribution in [2.24, 2.45) is 5.92 Å². The Bertz CT molecular complexity index is 1390. The number of carbonyl (C=O) groups is 2. The van der Waals surface area contributed by atoms with Crippen LogP contribution in [0.2, 0.25) is 0 Å². The van der Waals surface area contributed by atoms with Crippen molar-refractivity contribution in [2.45, 2.75) is 63.3 Å². The molecule has 2 aromatic rings. The van der Waals surface area contributed by atoms with Gasteiger partial charge in [-0.1, -0.05) is 0 Å². The number of pyridine rings is 1. The van der Waals surface area contributed by atoms with E-state index in [0.717, 1.165) is 0 Å². The molecular weight excluding hydrogens is 516 g/mol. The molecule has 8 nitrogen and oxygen atoms in total. The van der Waals surface area contributed by atoms with Crippen LogP contribution in [0.4, 0.5) is 20.3 Å². The third kappa shape index (κ3) is 5.00. The van der Waals surface area contributed by atoms with Crippen LogP contribution in [0, 0.1) is 5.92 Å². The predicted octanol–water partition coefficient (Wildman–Crippen LogP) is 4.16. The minimum absolute atomic E-state index is 0.0351. The number of benzene rings is 1. The third-order valence-corrected chi connectivity index (χ3v) is 9.51. The largest absolute Gasteiger partial charge is 0.493 e. The lowest BCUT2D eigenvalue weighted by molar-refractivity contribution is -0.121. The summed E-state index contributed by atoms with van der Waals surface area (Å²) >= 11 is 0. The summed E-state index contributed by atoms with van der Waals surface area (Å²) in [7, 11) is -3.07. The van der Waals surface area contributed by atoms with Crippen molar-refractivity contribution in [3.63, 3.8) is 0 Å². The van der Waals surface area contributed by atoms with Crippen LogP contribution in [-0.4, -0.2) is 54.8 Å². The zero-order chi connectivity index (χ0) is 27.5. The number of aromatic nitrogens is 1. The molecule has 38 heavy (non-hydrogen) atoms. The summed E-state index contributed by atoms with van der Waals surface area (Å²) in [5, 5.41) is 2.99. The highest BCUT2D eigenvalue weighted by molar-refractivity contribution is 7.91. The number of halogens is 2. The van der Waals surface area contributed by atoms with Gasteiger partial charge < -0.3 is 10.1 Å². The van der Waals surface area contributed by atoms with E-state index >= 15 is 0 Å². The Morgan fingerprint density at radius 1 is 1.13 bits per heavy atom. The van der Waals surface area contributed by atoms with E-state index in [1.165, 1.54) is 11.1 Å². The van der Waals surface area contributed by atoms with Crippen LogP contribution in [0.15, 0.2) is 36.5 Å². The summed E-state index contributed by atoms with van der Waals surface area (Å²) in [5.41, 5.74) is 0.0675. The van der Waals surface area contributed by atoms with E-state index in [0.29, 0.717) is 41.2 Å². The lowest BCUT2D eigenvalue weighted by Gasteiger charge is -2.34. The Hall–Kier alpha value is -3.08. The van der Waals surface area contributed by atoms with Crippen molar-refractivity contribution >= 4 is 33.2 Å². The second-order valence-corrected chi connectivity index (χ2v) is 13.8. The second-order valence-electron chi connectivity index (χ2n) is 11.5. The monoisotopic (exact) mass is 547 g/mol. The van der Waals surface area contributed by atoms with Gasteiger partial charge >= 0.3 is 0 Å². The van der Waals surface area contributed by atoms with E-state index in [2.05, 4.69) is 10.3 Å². The van der Waals surface area contributed by atoms with Crippen molar-refractivity contribution in [1.82, 2.24) is 10.3 Å². The molecular formula is C27H31F2N3O5S. The topological polar surface area (TPSA) is 106 Å². The van der Waals surface area contributed by atoms with Crippen LogP contribution < -0.4 is 15.0 Å². The summed E-state index contributed by atoms with van der Waals surface area (Å²) in [6.45, 7) is 5.57. The Balaban J connectivity index is 1.35. The first kappa shape index (κ1) is 26.5. The third-order valence-electron chi connectivity index (χ3n) is 7.86. The summed E-state index contributed by atoms with van der Waals surface area (Å²) in [6, 6.07) is 8.27. The lowest BCUT2D eigenvalue weighted by Crippen LogP contribution is -2.50. The quantitative estimate of drug-likeness (QED) is 0.582. The minimum Gasteiger partial charge on any atom is -0.493 e. The first-order chi connectivity index (χ1) is 17.7. The van der Waals surface area contributed by atoms with Gasteiger partial charge in [0.25, 0.3) is 5.91 Å². The summed E-state index contributed by atoms with van der Waals surface area (Å²) in [5.74, 6) is -2.53. The average Bonchev–Trinajstić information content (AvgIpc) is 3.03. The van der Waals surface area contributed by atoms with E-state index in [4.69, 9.17) is 4.74 Å². The van der Waals surface area contributed by atoms with Gasteiger partial charge in [-0.3, -0.25) is 14.5 Å². The maximum atomic E-state index is 13.5. The van der Waals surface area contributed by atoms with E-state index in [9.17, 15) is 26.8 Å². The van der Waals surface area contributed by atoms with Gasteiger partial charge in [-0.05, 0) is 63.4 Å². The van der Waals surface area contributed by atoms with Gasteiger partial charge in [-0.15, -0.1) is 0 Å². The molecule has 0 radical (unpaired) electrons. The lowest BCUT2D eigenvalue weighted by atomic mass is 9.82. The fourth-order valence-electron chi connectivity index (χ4n) is 5.29. The summed E-state index contributed by atoms with van der Waals surface area (Å²) in [4.78, 5) is 32.5. The number of anilines is 2. The van der Waals surface area contributed by atoms with Crippen molar-refractivity contribution in [2.75, 3.05) is 23.0 Å². The number of alkyl halides is 2. The Morgan fingerprint density at radius 3 is 2.47 bits per heavy atom. The molecule has 3 aliphatic rings. The molecule has 1 aromatic heterocycles. The van der Waals surface area contributed by atoms with Gasteiger partial charge in [-0.25, -0.2) is 22.2 Å². The van der Waals surface area contributed by atoms with Crippen molar-refractivity contribution in [1.29, 1.82) is 0 Å². The minimum atomic E-state index is -3.07. The molecule has 204 valence electrons. The van der Waals surface area contributed by atoms with Crippen molar-refractivity contribution < 1.29 is 31.5 Å². The molecule has 0 unspecified atom stereocenters. The molecule has 11 heteroatoms. The number of nitrogens with one attached hydrogen (secondary N) is 1.